The van der Waals surface area contributed by atoms with Crippen LogP contribution >= 0.6 is 0 Å². The molecular weight excluding hydrogens is 228 g/mol. The van der Waals surface area contributed by atoms with E-state index in [0.717, 1.165) is 18.8 Å². The summed E-state index contributed by atoms with van der Waals surface area (Å²) < 4.78 is 1.68. The van der Waals surface area contributed by atoms with E-state index in [9.17, 15) is 4.79 Å². The molecule has 2 heterocycles. The van der Waals surface area contributed by atoms with Crippen molar-refractivity contribution in [1.82, 2.24) is 15.1 Å². The largest absolute Gasteiger partial charge is 0.323 e. The molecule has 1 fully saturated rings. The van der Waals surface area contributed by atoms with Crippen molar-refractivity contribution >= 4 is 11.6 Å². The van der Waals surface area contributed by atoms with Gasteiger partial charge in [-0.2, -0.15) is 5.10 Å². The first-order valence-corrected chi connectivity index (χ1v) is 6.64. The number of anilines is 1. The predicted molar refractivity (Wildman–Crippen MR) is 71.2 cm³/mol. The molecule has 1 aliphatic rings. The molecule has 5 nitrogen and oxygen atoms in total. The molecule has 1 saturated heterocycles. The van der Waals surface area contributed by atoms with Crippen LogP contribution < -0.4 is 10.6 Å². The first-order valence-electron chi connectivity index (χ1n) is 6.64. The van der Waals surface area contributed by atoms with Gasteiger partial charge in [-0.1, -0.05) is 6.92 Å². The van der Waals surface area contributed by atoms with Gasteiger partial charge in [0, 0.05) is 19.7 Å². The highest BCUT2D eigenvalue weighted by Gasteiger charge is 2.22. The van der Waals surface area contributed by atoms with E-state index in [1.54, 1.807) is 10.9 Å². The number of carbonyl (C=O) groups excluding carboxylic acids is 1. The van der Waals surface area contributed by atoms with Gasteiger partial charge in [-0.3, -0.25) is 9.48 Å². The van der Waals surface area contributed by atoms with Gasteiger partial charge in [0.1, 0.15) is 0 Å². The minimum absolute atomic E-state index is 0.0843. The highest BCUT2D eigenvalue weighted by atomic mass is 16.1. The minimum atomic E-state index is 0.0843. The number of piperidine rings is 1. The monoisotopic (exact) mass is 250 g/mol. The number of hydrogen-bond donors (Lipinski definition) is 2. The molecule has 0 saturated carbocycles. The van der Waals surface area contributed by atoms with Crippen molar-refractivity contribution in [2.75, 3.05) is 18.4 Å². The van der Waals surface area contributed by atoms with Crippen LogP contribution in [0.2, 0.25) is 0 Å². The second-order valence-corrected chi connectivity index (χ2v) is 5.24. The maximum Gasteiger partial charge on any atom is 0.224 e. The molecule has 1 aromatic rings. The van der Waals surface area contributed by atoms with E-state index in [0.29, 0.717) is 18.3 Å². The summed E-state index contributed by atoms with van der Waals surface area (Å²) in [7, 11) is 1.84. The Bertz CT molecular complexity index is 395. The lowest BCUT2D eigenvalue weighted by Gasteiger charge is -2.27. The molecule has 2 unspecified atom stereocenters. The van der Waals surface area contributed by atoms with Crippen LogP contribution in [-0.4, -0.2) is 28.8 Å². The molecule has 0 spiro atoms. The van der Waals surface area contributed by atoms with Crippen LogP contribution in [0.4, 0.5) is 5.69 Å². The Morgan fingerprint density at radius 2 is 2.56 bits per heavy atom. The Kier molecular flexibility index (Phi) is 4.36. The smallest absolute Gasteiger partial charge is 0.224 e. The third-order valence-electron chi connectivity index (χ3n) is 3.64. The summed E-state index contributed by atoms with van der Waals surface area (Å²) in [5.41, 5.74) is 0.775. The molecule has 0 radical (unpaired) electrons. The van der Waals surface area contributed by atoms with Crippen molar-refractivity contribution < 1.29 is 4.79 Å². The normalized spacial score (nSPS) is 21.6. The van der Waals surface area contributed by atoms with E-state index in [2.05, 4.69) is 22.7 Å². The lowest BCUT2D eigenvalue weighted by molar-refractivity contribution is -0.117. The molecule has 18 heavy (non-hydrogen) atoms. The van der Waals surface area contributed by atoms with Gasteiger partial charge in [-0.15, -0.1) is 0 Å². The van der Waals surface area contributed by atoms with Crippen LogP contribution in [-0.2, 0) is 11.8 Å². The molecule has 0 aromatic carbocycles. The van der Waals surface area contributed by atoms with Gasteiger partial charge in [-0.25, -0.2) is 0 Å². The fourth-order valence-corrected chi connectivity index (χ4v) is 2.52. The van der Waals surface area contributed by atoms with Crippen LogP contribution in [0.1, 0.15) is 26.2 Å². The number of nitrogens with zero attached hydrogens (tertiary/aromatic N) is 2. The molecule has 0 aliphatic carbocycles. The molecule has 1 aliphatic heterocycles. The van der Waals surface area contributed by atoms with Crippen molar-refractivity contribution in [2.24, 2.45) is 18.9 Å². The standard InChI is InChI=1S/C13H22N4O/c1-10(11-4-3-5-14-7-11)6-13(18)16-12-8-15-17(2)9-12/h8-11,14H,3-7H2,1-2H3,(H,16,18). The van der Waals surface area contributed by atoms with E-state index < -0.39 is 0 Å². The maximum atomic E-state index is 11.9. The van der Waals surface area contributed by atoms with Gasteiger partial charge in [-0.05, 0) is 37.8 Å². The average Bonchev–Trinajstić information content (AvgIpc) is 2.75. The second kappa shape index (κ2) is 6.00. The Morgan fingerprint density at radius 1 is 1.72 bits per heavy atom. The van der Waals surface area contributed by atoms with Crippen molar-refractivity contribution in [3.63, 3.8) is 0 Å². The van der Waals surface area contributed by atoms with Crippen LogP contribution in [0.25, 0.3) is 0 Å². The zero-order chi connectivity index (χ0) is 13.0. The molecule has 2 N–H and O–H groups in total. The molecule has 5 heteroatoms. The molecule has 1 aromatic heterocycles. The number of aromatic nitrogens is 2. The van der Waals surface area contributed by atoms with E-state index in [4.69, 9.17) is 0 Å². The number of rotatable bonds is 4. The van der Waals surface area contributed by atoms with Gasteiger partial charge >= 0.3 is 0 Å². The Morgan fingerprint density at radius 3 is 3.17 bits per heavy atom. The van der Waals surface area contributed by atoms with E-state index in [-0.39, 0.29) is 5.91 Å². The Labute approximate surface area is 108 Å². The molecule has 2 rings (SSSR count). The lowest BCUT2D eigenvalue weighted by atomic mass is 9.85. The fraction of sp³-hybridized carbons (Fsp3) is 0.692. The molecule has 100 valence electrons. The van der Waals surface area contributed by atoms with Crippen molar-refractivity contribution in [1.29, 1.82) is 0 Å². The maximum absolute atomic E-state index is 11.9. The van der Waals surface area contributed by atoms with Crippen molar-refractivity contribution in [2.45, 2.75) is 26.2 Å². The number of hydrogen-bond acceptors (Lipinski definition) is 3. The Hall–Kier alpha value is -1.36. The van der Waals surface area contributed by atoms with Crippen LogP contribution in [0.5, 0.6) is 0 Å². The summed E-state index contributed by atoms with van der Waals surface area (Å²) in [6.07, 6.45) is 6.52. The van der Waals surface area contributed by atoms with Gasteiger partial charge in [0.05, 0.1) is 11.9 Å². The molecule has 2 atom stereocenters. The molecule has 1 amide bonds. The van der Waals surface area contributed by atoms with Gasteiger partial charge in [0.15, 0.2) is 0 Å². The zero-order valence-electron chi connectivity index (χ0n) is 11.1. The van der Waals surface area contributed by atoms with Gasteiger partial charge in [0.25, 0.3) is 0 Å². The second-order valence-electron chi connectivity index (χ2n) is 5.24. The van der Waals surface area contributed by atoms with Gasteiger partial charge in [0.2, 0.25) is 5.91 Å². The SMILES string of the molecule is CC(CC(=O)Nc1cnn(C)c1)C1CCCNC1. The highest BCUT2D eigenvalue weighted by Crippen LogP contribution is 2.22. The quantitative estimate of drug-likeness (QED) is 0.849. The number of amides is 1. The van der Waals surface area contributed by atoms with Crippen molar-refractivity contribution in [3.8, 4) is 0 Å². The number of nitrogens with one attached hydrogen (secondary N) is 2. The summed E-state index contributed by atoms with van der Waals surface area (Å²) in [4.78, 5) is 11.9. The first-order chi connectivity index (χ1) is 8.65. The topological polar surface area (TPSA) is 59.0 Å². The third kappa shape index (κ3) is 3.57. The molecular formula is C13H22N4O. The number of carbonyl (C=O) groups is 1. The average molecular weight is 250 g/mol. The van der Waals surface area contributed by atoms with Gasteiger partial charge < -0.3 is 10.6 Å². The minimum Gasteiger partial charge on any atom is -0.323 e. The first kappa shape index (κ1) is 13.1. The summed E-state index contributed by atoms with van der Waals surface area (Å²) in [5.74, 6) is 1.13. The van der Waals surface area contributed by atoms with E-state index in [1.165, 1.54) is 12.8 Å². The van der Waals surface area contributed by atoms with Crippen LogP contribution in [0, 0.1) is 11.8 Å². The summed E-state index contributed by atoms with van der Waals surface area (Å²) >= 11 is 0. The van der Waals surface area contributed by atoms with E-state index >= 15 is 0 Å². The zero-order valence-corrected chi connectivity index (χ0v) is 11.1. The number of aryl methyl sites for hydroxylation is 1. The summed E-state index contributed by atoms with van der Waals surface area (Å²) in [6, 6.07) is 0. The van der Waals surface area contributed by atoms with Crippen LogP contribution in [0.3, 0.4) is 0 Å². The highest BCUT2D eigenvalue weighted by molar-refractivity contribution is 5.90. The van der Waals surface area contributed by atoms with Crippen LogP contribution in [0.15, 0.2) is 12.4 Å². The summed E-state index contributed by atoms with van der Waals surface area (Å²) in [6.45, 7) is 4.33. The van der Waals surface area contributed by atoms with E-state index in [1.807, 2.05) is 13.2 Å². The Balaban J connectivity index is 1.79. The fourth-order valence-electron chi connectivity index (χ4n) is 2.52. The predicted octanol–water partition coefficient (Wildman–Crippen LogP) is 1.38. The summed E-state index contributed by atoms with van der Waals surface area (Å²) in [5, 5.41) is 10.3. The van der Waals surface area contributed by atoms with Crippen molar-refractivity contribution in [3.05, 3.63) is 12.4 Å². The molecule has 0 bridgehead atoms. The lowest BCUT2D eigenvalue weighted by Crippen LogP contribution is -2.34. The third-order valence-corrected chi connectivity index (χ3v) is 3.64.